The van der Waals surface area contributed by atoms with Gasteiger partial charge in [0.2, 0.25) is 0 Å². The third-order valence-electron chi connectivity index (χ3n) is 4.41. The number of hydrogen-bond donors (Lipinski definition) is 1. The van der Waals surface area contributed by atoms with Crippen LogP contribution in [0.3, 0.4) is 0 Å². The minimum absolute atomic E-state index is 0.0302. The molecule has 142 valence electrons. The molecular formula is C16H17F5N4O. The molecule has 10 heteroatoms. The molecule has 2 aromatic rings. The summed E-state index contributed by atoms with van der Waals surface area (Å²) in [6, 6.07) is 2.83. The van der Waals surface area contributed by atoms with Gasteiger partial charge in [0.05, 0.1) is 0 Å². The summed E-state index contributed by atoms with van der Waals surface area (Å²) in [4.78, 5) is 5.99. The van der Waals surface area contributed by atoms with E-state index in [2.05, 4.69) is 10.1 Å². The van der Waals surface area contributed by atoms with E-state index >= 15 is 0 Å². The topological polar surface area (TPSA) is 54.2 Å². The Morgan fingerprint density at radius 2 is 1.81 bits per heavy atom. The molecule has 1 saturated heterocycles. The Kier molecular flexibility index (Phi) is 4.74. The van der Waals surface area contributed by atoms with Crippen molar-refractivity contribution >= 4 is 0 Å². The zero-order valence-corrected chi connectivity index (χ0v) is 13.9. The van der Waals surface area contributed by atoms with Gasteiger partial charge >= 0.3 is 6.18 Å². The second kappa shape index (κ2) is 6.58. The molecule has 0 atom stereocenters. The van der Waals surface area contributed by atoms with Crippen molar-refractivity contribution in [1.82, 2.24) is 19.7 Å². The highest BCUT2D eigenvalue weighted by molar-refractivity contribution is 5.54. The standard InChI is InChI=1S/C16H17F5N4O/c1-24-6-4-15(26,5-7-24)14-22-13(23-25(14)9-16(19,20)21)10-2-3-11(17)12(18)8-10/h2-3,8,26H,4-7,9H2,1H3. The molecule has 3 rings (SSSR count). The van der Waals surface area contributed by atoms with E-state index in [-0.39, 0.29) is 30.1 Å². The van der Waals surface area contributed by atoms with Gasteiger partial charge < -0.3 is 10.0 Å². The number of aromatic nitrogens is 3. The summed E-state index contributed by atoms with van der Waals surface area (Å²) in [5, 5.41) is 14.6. The van der Waals surface area contributed by atoms with Crippen LogP contribution >= 0.6 is 0 Å². The van der Waals surface area contributed by atoms with Gasteiger partial charge in [-0.3, -0.25) is 0 Å². The van der Waals surface area contributed by atoms with Crippen LogP contribution < -0.4 is 0 Å². The van der Waals surface area contributed by atoms with E-state index in [0.717, 1.165) is 12.1 Å². The van der Waals surface area contributed by atoms with Gasteiger partial charge in [-0.2, -0.15) is 18.3 Å². The molecule has 0 aliphatic carbocycles. The van der Waals surface area contributed by atoms with Crippen LogP contribution in [0.5, 0.6) is 0 Å². The summed E-state index contributed by atoms with van der Waals surface area (Å²) < 4.78 is 65.9. The van der Waals surface area contributed by atoms with Crippen LogP contribution in [0, 0.1) is 11.6 Å². The SMILES string of the molecule is CN1CCC(O)(c2nc(-c3ccc(F)c(F)c3)nn2CC(F)(F)F)CC1. The molecule has 0 spiro atoms. The zero-order chi connectivity index (χ0) is 19.1. The van der Waals surface area contributed by atoms with Crippen molar-refractivity contribution in [3.05, 3.63) is 35.7 Å². The first kappa shape index (κ1) is 18.7. The minimum atomic E-state index is -4.57. The first-order valence-corrected chi connectivity index (χ1v) is 7.96. The molecule has 0 bridgehead atoms. The molecule has 2 heterocycles. The average molecular weight is 376 g/mol. The van der Waals surface area contributed by atoms with Crippen molar-refractivity contribution in [1.29, 1.82) is 0 Å². The fraction of sp³-hybridized carbons (Fsp3) is 0.500. The molecule has 1 aliphatic heterocycles. The van der Waals surface area contributed by atoms with Gasteiger partial charge in [0.15, 0.2) is 23.3 Å². The highest BCUT2D eigenvalue weighted by atomic mass is 19.4. The predicted octanol–water partition coefficient (Wildman–Crippen LogP) is 2.70. The number of benzene rings is 1. The Labute approximate surface area is 146 Å². The number of alkyl halides is 3. The van der Waals surface area contributed by atoms with Gasteiger partial charge in [0, 0.05) is 18.7 Å². The van der Waals surface area contributed by atoms with E-state index in [4.69, 9.17) is 0 Å². The molecule has 0 amide bonds. The highest BCUT2D eigenvalue weighted by Crippen LogP contribution is 2.34. The summed E-state index contributed by atoms with van der Waals surface area (Å²) in [5.41, 5.74) is -1.54. The van der Waals surface area contributed by atoms with E-state index in [0.29, 0.717) is 17.8 Å². The van der Waals surface area contributed by atoms with Gasteiger partial charge in [-0.1, -0.05) is 0 Å². The fourth-order valence-electron chi connectivity index (χ4n) is 2.94. The maximum atomic E-state index is 13.4. The number of halogens is 5. The van der Waals surface area contributed by atoms with Gasteiger partial charge in [-0.25, -0.2) is 18.4 Å². The van der Waals surface area contributed by atoms with Gasteiger partial charge in [-0.15, -0.1) is 0 Å². The molecule has 5 nitrogen and oxygen atoms in total. The van der Waals surface area contributed by atoms with E-state index in [1.165, 1.54) is 6.07 Å². The van der Waals surface area contributed by atoms with Crippen LogP contribution in [0.25, 0.3) is 11.4 Å². The Hall–Kier alpha value is -2.07. The van der Waals surface area contributed by atoms with Crippen molar-refractivity contribution in [2.45, 2.75) is 31.2 Å². The normalized spacial score (nSPS) is 18.3. The summed E-state index contributed by atoms with van der Waals surface area (Å²) in [6.45, 7) is -0.469. The Bertz CT molecular complexity index is 796. The lowest BCUT2D eigenvalue weighted by molar-refractivity contribution is -0.145. The third-order valence-corrected chi connectivity index (χ3v) is 4.41. The molecule has 1 aromatic heterocycles. The number of hydrogen-bond acceptors (Lipinski definition) is 4. The molecule has 26 heavy (non-hydrogen) atoms. The van der Waals surface area contributed by atoms with Crippen LogP contribution in [0.4, 0.5) is 22.0 Å². The lowest BCUT2D eigenvalue weighted by atomic mass is 9.90. The minimum Gasteiger partial charge on any atom is -0.382 e. The van der Waals surface area contributed by atoms with Crippen LogP contribution in [-0.4, -0.2) is 51.1 Å². The smallest absolute Gasteiger partial charge is 0.382 e. The number of aliphatic hydroxyl groups is 1. The number of nitrogens with zero attached hydrogens (tertiary/aromatic N) is 4. The molecule has 0 radical (unpaired) electrons. The fourth-order valence-corrected chi connectivity index (χ4v) is 2.94. The van der Waals surface area contributed by atoms with Crippen LogP contribution in [-0.2, 0) is 12.1 Å². The Morgan fingerprint density at radius 1 is 1.15 bits per heavy atom. The maximum absolute atomic E-state index is 13.4. The average Bonchev–Trinajstić information content (AvgIpc) is 2.96. The quantitative estimate of drug-likeness (QED) is 0.837. The Morgan fingerprint density at radius 3 is 2.38 bits per heavy atom. The molecular weight excluding hydrogens is 359 g/mol. The van der Waals surface area contributed by atoms with E-state index < -0.39 is 30.0 Å². The summed E-state index contributed by atoms with van der Waals surface area (Å²) in [5.74, 6) is -2.66. The largest absolute Gasteiger partial charge is 0.408 e. The molecule has 1 aliphatic rings. The van der Waals surface area contributed by atoms with E-state index in [9.17, 15) is 27.1 Å². The first-order valence-electron chi connectivity index (χ1n) is 7.96. The lowest BCUT2D eigenvalue weighted by Crippen LogP contribution is -2.43. The third kappa shape index (κ3) is 3.85. The summed E-state index contributed by atoms with van der Waals surface area (Å²) in [6.07, 6.45) is -4.19. The molecule has 1 aromatic carbocycles. The van der Waals surface area contributed by atoms with Gasteiger partial charge in [0.25, 0.3) is 0 Å². The van der Waals surface area contributed by atoms with Crippen molar-refractivity contribution in [2.24, 2.45) is 0 Å². The Balaban J connectivity index is 2.04. The van der Waals surface area contributed by atoms with Crippen molar-refractivity contribution < 1.29 is 27.1 Å². The summed E-state index contributed by atoms with van der Waals surface area (Å²) >= 11 is 0. The zero-order valence-electron chi connectivity index (χ0n) is 13.9. The van der Waals surface area contributed by atoms with Crippen molar-refractivity contribution in [3.63, 3.8) is 0 Å². The summed E-state index contributed by atoms with van der Waals surface area (Å²) in [7, 11) is 1.84. The van der Waals surface area contributed by atoms with E-state index in [1.807, 2.05) is 11.9 Å². The van der Waals surface area contributed by atoms with E-state index in [1.54, 1.807) is 0 Å². The maximum Gasteiger partial charge on any atom is 0.408 e. The predicted molar refractivity (Wildman–Crippen MR) is 82.1 cm³/mol. The van der Waals surface area contributed by atoms with Crippen molar-refractivity contribution in [2.75, 3.05) is 20.1 Å². The second-order valence-electron chi connectivity index (χ2n) is 6.50. The lowest BCUT2D eigenvalue weighted by Gasteiger charge is -2.35. The van der Waals surface area contributed by atoms with Crippen LogP contribution in [0.2, 0.25) is 0 Å². The number of likely N-dealkylation sites (tertiary alicyclic amines) is 1. The number of rotatable bonds is 3. The van der Waals surface area contributed by atoms with Crippen LogP contribution in [0.1, 0.15) is 18.7 Å². The highest BCUT2D eigenvalue weighted by Gasteiger charge is 2.40. The molecule has 0 unspecified atom stereocenters. The van der Waals surface area contributed by atoms with Crippen LogP contribution in [0.15, 0.2) is 18.2 Å². The monoisotopic (exact) mass is 376 g/mol. The number of piperidine rings is 1. The molecule has 1 fully saturated rings. The van der Waals surface area contributed by atoms with Gasteiger partial charge in [-0.05, 0) is 38.1 Å². The first-order chi connectivity index (χ1) is 12.1. The van der Waals surface area contributed by atoms with Crippen molar-refractivity contribution in [3.8, 4) is 11.4 Å². The molecule has 0 saturated carbocycles. The molecule has 1 N–H and O–H groups in total. The second-order valence-corrected chi connectivity index (χ2v) is 6.50. The van der Waals surface area contributed by atoms with Gasteiger partial charge in [0.1, 0.15) is 12.1 Å².